The van der Waals surface area contributed by atoms with Crippen LogP contribution in [0.15, 0.2) is 0 Å². The minimum atomic E-state index is 0.116. The van der Waals surface area contributed by atoms with E-state index in [1.54, 1.807) is 0 Å². The molecule has 0 aromatic heterocycles. The Bertz CT molecular complexity index is 205. The van der Waals surface area contributed by atoms with Crippen LogP contribution in [0.2, 0.25) is 0 Å². The number of ether oxygens (including phenoxy) is 1. The van der Waals surface area contributed by atoms with Crippen LogP contribution in [-0.2, 0) is 9.53 Å². The molecule has 1 fully saturated rings. The maximum atomic E-state index is 11.7. The van der Waals surface area contributed by atoms with Gasteiger partial charge in [-0.3, -0.25) is 9.69 Å². The third-order valence-corrected chi connectivity index (χ3v) is 2.74. The predicted molar refractivity (Wildman–Crippen MR) is 63.4 cm³/mol. The van der Waals surface area contributed by atoms with Crippen LogP contribution in [0.4, 0.5) is 0 Å². The Morgan fingerprint density at radius 3 is 2.75 bits per heavy atom. The number of likely N-dealkylation sites (N-methyl/N-ethyl adjacent to an activating group) is 2. The molecular weight excluding hydrogens is 206 g/mol. The van der Waals surface area contributed by atoms with Crippen molar-refractivity contribution in [3.63, 3.8) is 0 Å². The molecule has 94 valence electrons. The SMILES string of the molecule is CNCCN(C)CC(=O)NC1CCOCC1. The van der Waals surface area contributed by atoms with E-state index in [0.717, 1.165) is 39.1 Å². The second kappa shape index (κ2) is 7.60. The Balaban J connectivity index is 2.13. The molecule has 5 heteroatoms. The van der Waals surface area contributed by atoms with Gasteiger partial charge in [0.25, 0.3) is 0 Å². The van der Waals surface area contributed by atoms with Crippen molar-refractivity contribution in [3.8, 4) is 0 Å². The first kappa shape index (κ1) is 13.4. The number of carbonyl (C=O) groups excluding carboxylic acids is 1. The molecule has 0 bridgehead atoms. The lowest BCUT2D eigenvalue weighted by Gasteiger charge is -2.24. The van der Waals surface area contributed by atoms with E-state index in [0.29, 0.717) is 12.6 Å². The Labute approximate surface area is 97.5 Å². The van der Waals surface area contributed by atoms with Gasteiger partial charge in [0.2, 0.25) is 5.91 Å². The maximum Gasteiger partial charge on any atom is 0.234 e. The predicted octanol–water partition coefficient (Wildman–Crippen LogP) is -0.567. The molecule has 0 unspecified atom stereocenters. The Morgan fingerprint density at radius 2 is 2.12 bits per heavy atom. The summed E-state index contributed by atoms with van der Waals surface area (Å²) in [6.07, 6.45) is 1.87. The summed E-state index contributed by atoms with van der Waals surface area (Å²) in [7, 11) is 3.87. The van der Waals surface area contributed by atoms with Gasteiger partial charge in [0.1, 0.15) is 0 Å². The Morgan fingerprint density at radius 1 is 1.44 bits per heavy atom. The summed E-state index contributed by atoms with van der Waals surface area (Å²) >= 11 is 0. The lowest BCUT2D eigenvalue weighted by atomic mass is 10.1. The zero-order valence-electron chi connectivity index (χ0n) is 10.3. The fraction of sp³-hybridized carbons (Fsp3) is 0.909. The standard InChI is InChI=1S/C11H23N3O2/c1-12-5-6-14(2)9-11(15)13-10-3-7-16-8-4-10/h10,12H,3-9H2,1-2H3,(H,13,15). The van der Waals surface area contributed by atoms with Crippen molar-refractivity contribution in [3.05, 3.63) is 0 Å². The zero-order valence-corrected chi connectivity index (χ0v) is 10.3. The molecule has 5 nitrogen and oxygen atoms in total. The van der Waals surface area contributed by atoms with Crippen molar-refractivity contribution >= 4 is 5.91 Å². The third-order valence-electron chi connectivity index (χ3n) is 2.74. The van der Waals surface area contributed by atoms with Crippen LogP contribution in [0.25, 0.3) is 0 Å². The first-order chi connectivity index (χ1) is 7.72. The van der Waals surface area contributed by atoms with Crippen molar-refractivity contribution in [2.45, 2.75) is 18.9 Å². The van der Waals surface area contributed by atoms with E-state index in [-0.39, 0.29) is 5.91 Å². The first-order valence-electron chi connectivity index (χ1n) is 5.92. The van der Waals surface area contributed by atoms with E-state index < -0.39 is 0 Å². The lowest BCUT2D eigenvalue weighted by Crippen LogP contribution is -2.44. The molecule has 1 saturated heterocycles. The van der Waals surface area contributed by atoms with E-state index in [9.17, 15) is 4.79 Å². The van der Waals surface area contributed by atoms with Crippen molar-refractivity contribution in [1.82, 2.24) is 15.5 Å². The molecule has 0 aliphatic carbocycles. The third kappa shape index (κ3) is 5.44. The summed E-state index contributed by atoms with van der Waals surface area (Å²) in [5.74, 6) is 0.116. The average Bonchev–Trinajstić information content (AvgIpc) is 2.27. The molecule has 0 aromatic rings. The van der Waals surface area contributed by atoms with Crippen LogP contribution in [0.5, 0.6) is 0 Å². The summed E-state index contributed by atoms with van der Waals surface area (Å²) in [5, 5.41) is 6.11. The molecular formula is C11H23N3O2. The van der Waals surface area contributed by atoms with Crippen molar-refractivity contribution in [2.24, 2.45) is 0 Å². The number of nitrogens with one attached hydrogen (secondary N) is 2. The molecule has 2 N–H and O–H groups in total. The van der Waals surface area contributed by atoms with Crippen LogP contribution < -0.4 is 10.6 Å². The monoisotopic (exact) mass is 229 g/mol. The minimum Gasteiger partial charge on any atom is -0.381 e. The quantitative estimate of drug-likeness (QED) is 0.640. The second-order valence-electron chi connectivity index (χ2n) is 4.30. The highest BCUT2D eigenvalue weighted by atomic mass is 16.5. The highest BCUT2D eigenvalue weighted by molar-refractivity contribution is 5.78. The minimum absolute atomic E-state index is 0.116. The molecule has 1 amide bonds. The molecule has 1 aliphatic heterocycles. The normalized spacial score (nSPS) is 17.7. The van der Waals surface area contributed by atoms with E-state index >= 15 is 0 Å². The average molecular weight is 229 g/mol. The van der Waals surface area contributed by atoms with Crippen molar-refractivity contribution in [1.29, 1.82) is 0 Å². The summed E-state index contributed by atoms with van der Waals surface area (Å²) in [6.45, 7) is 3.79. The molecule has 1 rings (SSSR count). The van der Waals surface area contributed by atoms with Gasteiger partial charge in [0.05, 0.1) is 6.54 Å². The van der Waals surface area contributed by atoms with E-state index in [2.05, 4.69) is 10.6 Å². The van der Waals surface area contributed by atoms with Gasteiger partial charge >= 0.3 is 0 Å². The molecule has 0 atom stereocenters. The van der Waals surface area contributed by atoms with E-state index in [4.69, 9.17) is 4.74 Å². The number of nitrogens with zero attached hydrogens (tertiary/aromatic N) is 1. The van der Waals surface area contributed by atoms with Gasteiger partial charge in [-0.25, -0.2) is 0 Å². The van der Waals surface area contributed by atoms with E-state index in [1.807, 2.05) is 19.0 Å². The molecule has 0 spiro atoms. The van der Waals surface area contributed by atoms with Gasteiger partial charge < -0.3 is 15.4 Å². The van der Waals surface area contributed by atoms with Gasteiger partial charge in [-0.2, -0.15) is 0 Å². The van der Waals surface area contributed by atoms with Crippen LogP contribution in [0.3, 0.4) is 0 Å². The number of hydrogen-bond acceptors (Lipinski definition) is 4. The van der Waals surface area contributed by atoms with Gasteiger partial charge in [-0.05, 0) is 26.9 Å². The Hall–Kier alpha value is -0.650. The summed E-state index contributed by atoms with van der Waals surface area (Å²) < 4.78 is 5.25. The number of amides is 1. The fourth-order valence-electron chi connectivity index (χ4n) is 1.74. The Kier molecular flexibility index (Phi) is 6.37. The van der Waals surface area contributed by atoms with Gasteiger partial charge in [-0.1, -0.05) is 0 Å². The molecule has 16 heavy (non-hydrogen) atoms. The van der Waals surface area contributed by atoms with Gasteiger partial charge in [0, 0.05) is 32.3 Å². The molecule has 0 radical (unpaired) electrons. The second-order valence-corrected chi connectivity index (χ2v) is 4.30. The summed E-state index contributed by atoms with van der Waals surface area (Å²) in [5.41, 5.74) is 0. The van der Waals surface area contributed by atoms with Crippen LogP contribution in [-0.4, -0.2) is 63.8 Å². The van der Waals surface area contributed by atoms with Crippen molar-refractivity contribution in [2.75, 3.05) is 46.9 Å². The number of rotatable bonds is 6. The largest absolute Gasteiger partial charge is 0.381 e. The van der Waals surface area contributed by atoms with Crippen LogP contribution in [0.1, 0.15) is 12.8 Å². The molecule has 0 saturated carbocycles. The number of carbonyl (C=O) groups is 1. The molecule has 1 heterocycles. The van der Waals surface area contributed by atoms with Crippen LogP contribution in [0, 0.1) is 0 Å². The number of hydrogen-bond donors (Lipinski definition) is 2. The topological polar surface area (TPSA) is 53.6 Å². The molecule has 1 aliphatic rings. The highest BCUT2D eigenvalue weighted by Crippen LogP contribution is 2.05. The lowest BCUT2D eigenvalue weighted by molar-refractivity contribution is -0.123. The fourth-order valence-corrected chi connectivity index (χ4v) is 1.74. The van der Waals surface area contributed by atoms with E-state index in [1.165, 1.54) is 0 Å². The van der Waals surface area contributed by atoms with Gasteiger partial charge in [-0.15, -0.1) is 0 Å². The molecule has 0 aromatic carbocycles. The first-order valence-corrected chi connectivity index (χ1v) is 5.92. The van der Waals surface area contributed by atoms with Crippen LogP contribution >= 0.6 is 0 Å². The summed E-state index contributed by atoms with van der Waals surface area (Å²) in [4.78, 5) is 13.7. The van der Waals surface area contributed by atoms with Crippen molar-refractivity contribution < 1.29 is 9.53 Å². The maximum absolute atomic E-state index is 11.7. The smallest absolute Gasteiger partial charge is 0.234 e. The zero-order chi connectivity index (χ0) is 11.8. The highest BCUT2D eigenvalue weighted by Gasteiger charge is 2.16. The summed E-state index contributed by atoms with van der Waals surface area (Å²) in [6, 6.07) is 0.305. The van der Waals surface area contributed by atoms with Gasteiger partial charge in [0.15, 0.2) is 0 Å².